The van der Waals surface area contributed by atoms with Crippen LogP contribution in [-0.4, -0.2) is 30.0 Å². The fourth-order valence-electron chi connectivity index (χ4n) is 2.60. The van der Waals surface area contributed by atoms with Crippen molar-refractivity contribution < 1.29 is 23.1 Å². The van der Waals surface area contributed by atoms with Gasteiger partial charge in [0.15, 0.2) is 16.4 Å². The molecule has 0 aliphatic rings. The maximum absolute atomic E-state index is 14.3. The predicted octanol–water partition coefficient (Wildman–Crippen LogP) is 3.57. The predicted molar refractivity (Wildman–Crippen MR) is 97.9 cm³/mol. The molecule has 1 aromatic heterocycles. The number of rotatable bonds is 5. The normalized spacial score (nSPS) is 11.9. The van der Waals surface area contributed by atoms with E-state index in [-0.39, 0.29) is 29.3 Å². The summed E-state index contributed by atoms with van der Waals surface area (Å²) in [6.45, 7) is 1.97. The highest BCUT2D eigenvalue weighted by Crippen LogP contribution is 2.22. The second-order valence-corrected chi connectivity index (χ2v) is 6.82. The number of methoxy groups -OCH3 is 1. The summed E-state index contributed by atoms with van der Waals surface area (Å²) in [7, 11) is 1.50. The molecule has 0 fully saturated rings. The molecule has 0 N–H and O–H groups in total. The molecule has 140 valence electrons. The molecule has 1 heterocycles. The van der Waals surface area contributed by atoms with Crippen LogP contribution in [0.4, 0.5) is 8.78 Å². The smallest absolute Gasteiger partial charge is 0.279 e. The average molecular weight is 390 g/mol. The van der Waals surface area contributed by atoms with Gasteiger partial charge >= 0.3 is 0 Å². The van der Waals surface area contributed by atoms with E-state index in [1.807, 2.05) is 0 Å². The van der Waals surface area contributed by atoms with Crippen LogP contribution in [0, 0.1) is 11.6 Å². The van der Waals surface area contributed by atoms with Gasteiger partial charge in [0.2, 0.25) is 0 Å². The van der Waals surface area contributed by atoms with Crippen molar-refractivity contribution in [2.75, 3.05) is 13.7 Å². The van der Waals surface area contributed by atoms with E-state index in [0.717, 1.165) is 17.4 Å². The largest absolute Gasteiger partial charge is 0.383 e. The molecular formula is C19H16F2N2O3S. The van der Waals surface area contributed by atoms with Crippen LogP contribution in [0.1, 0.15) is 27.6 Å². The van der Waals surface area contributed by atoms with E-state index in [4.69, 9.17) is 4.74 Å². The Kier molecular flexibility index (Phi) is 5.57. The lowest BCUT2D eigenvalue weighted by Crippen LogP contribution is -2.20. The van der Waals surface area contributed by atoms with Crippen molar-refractivity contribution in [2.24, 2.45) is 4.99 Å². The molecule has 0 radical (unpaired) electrons. The Morgan fingerprint density at radius 3 is 2.44 bits per heavy atom. The van der Waals surface area contributed by atoms with Crippen molar-refractivity contribution in [3.05, 3.63) is 64.0 Å². The first-order valence-corrected chi connectivity index (χ1v) is 8.89. The molecular weight excluding hydrogens is 374 g/mol. The fraction of sp³-hybridized carbons (Fsp3) is 0.211. The van der Waals surface area contributed by atoms with Gasteiger partial charge in [-0.2, -0.15) is 4.99 Å². The Morgan fingerprint density at radius 2 is 1.81 bits per heavy atom. The van der Waals surface area contributed by atoms with Crippen molar-refractivity contribution in [1.82, 2.24) is 4.57 Å². The number of hydrogen-bond donors (Lipinski definition) is 0. The van der Waals surface area contributed by atoms with Gasteiger partial charge in [-0.3, -0.25) is 9.59 Å². The average Bonchev–Trinajstić information content (AvgIpc) is 2.96. The Bertz CT molecular complexity index is 1080. The van der Waals surface area contributed by atoms with Gasteiger partial charge in [0.05, 0.1) is 16.8 Å². The van der Waals surface area contributed by atoms with Gasteiger partial charge in [-0.15, -0.1) is 0 Å². The van der Waals surface area contributed by atoms with Crippen LogP contribution in [0.2, 0.25) is 0 Å². The molecule has 0 spiro atoms. The molecule has 5 nitrogen and oxygen atoms in total. The van der Waals surface area contributed by atoms with Crippen LogP contribution in [0.3, 0.4) is 0 Å². The number of hydrogen-bond acceptors (Lipinski definition) is 4. The molecule has 0 atom stereocenters. The monoisotopic (exact) mass is 390 g/mol. The van der Waals surface area contributed by atoms with Gasteiger partial charge in [0.1, 0.15) is 5.82 Å². The first-order valence-electron chi connectivity index (χ1n) is 8.08. The SMILES string of the molecule is COCCn1c(=NC(=O)c2ccc(C(C)=O)cc2)sc2cc(F)cc(F)c21. The quantitative estimate of drug-likeness (QED) is 0.626. The third-order valence-corrected chi connectivity index (χ3v) is 4.98. The molecule has 0 saturated carbocycles. The number of ketones is 1. The highest BCUT2D eigenvalue weighted by Gasteiger charge is 2.14. The van der Waals surface area contributed by atoms with E-state index in [1.165, 1.54) is 36.8 Å². The number of carbonyl (C=O) groups is 2. The molecule has 2 aromatic carbocycles. The second-order valence-electron chi connectivity index (χ2n) is 5.81. The maximum atomic E-state index is 14.3. The number of carbonyl (C=O) groups excluding carboxylic acids is 2. The molecule has 1 amide bonds. The molecule has 3 rings (SSSR count). The van der Waals surface area contributed by atoms with E-state index < -0.39 is 17.5 Å². The molecule has 0 unspecified atom stereocenters. The van der Waals surface area contributed by atoms with Gasteiger partial charge in [0.25, 0.3) is 5.91 Å². The van der Waals surface area contributed by atoms with Crippen LogP contribution in [0.5, 0.6) is 0 Å². The fourth-order valence-corrected chi connectivity index (χ4v) is 3.70. The highest BCUT2D eigenvalue weighted by atomic mass is 32.1. The topological polar surface area (TPSA) is 60.7 Å². The van der Waals surface area contributed by atoms with Gasteiger partial charge < -0.3 is 9.30 Å². The zero-order valence-corrected chi connectivity index (χ0v) is 15.5. The van der Waals surface area contributed by atoms with E-state index >= 15 is 0 Å². The first-order chi connectivity index (χ1) is 12.9. The van der Waals surface area contributed by atoms with E-state index in [0.29, 0.717) is 15.8 Å². The van der Waals surface area contributed by atoms with Crippen molar-refractivity contribution in [3.63, 3.8) is 0 Å². The first kappa shape index (κ1) is 19.1. The zero-order chi connectivity index (χ0) is 19.6. The molecule has 0 bridgehead atoms. The van der Waals surface area contributed by atoms with Gasteiger partial charge in [-0.1, -0.05) is 23.5 Å². The number of thiazole rings is 1. The molecule has 8 heteroatoms. The third kappa shape index (κ3) is 4.01. The standard InChI is InChI=1S/C19H16F2N2O3S/c1-11(24)12-3-5-13(6-4-12)18(25)22-19-23(7-8-26-2)17-15(21)9-14(20)10-16(17)27-19/h3-6,9-10H,7-8H2,1-2H3. The highest BCUT2D eigenvalue weighted by molar-refractivity contribution is 7.16. The van der Waals surface area contributed by atoms with Crippen molar-refractivity contribution in [1.29, 1.82) is 0 Å². The Hall–Kier alpha value is -2.71. The number of benzene rings is 2. The van der Waals surface area contributed by atoms with Crippen LogP contribution in [0.25, 0.3) is 10.2 Å². The number of halogens is 2. The molecule has 3 aromatic rings. The molecule has 0 aliphatic heterocycles. The Labute approximate surface area is 157 Å². The zero-order valence-electron chi connectivity index (χ0n) is 14.7. The number of ether oxygens (including phenoxy) is 1. The summed E-state index contributed by atoms with van der Waals surface area (Å²) in [4.78, 5) is 28.1. The second kappa shape index (κ2) is 7.89. The van der Waals surface area contributed by atoms with Crippen LogP contribution in [-0.2, 0) is 11.3 Å². The Balaban J connectivity index is 2.09. The summed E-state index contributed by atoms with van der Waals surface area (Å²) in [5.41, 5.74) is 0.959. The summed E-state index contributed by atoms with van der Waals surface area (Å²) in [6, 6.07) is 8.11. The minimum absolute atomic E-state index is 0.106. The lowest BCUT2D eigenvalue weighted by molar-refractivity contribution is 0.0991. The van der Waals surface area contributed by atoms with Gasteiger partial charge in [-0.25, -0.2) is 8.78 Å². The summed E-state index contributed by atoms with van der Waals surface area (Å²) in [5, 5.41) is 0. The number of aromatic nitrogens is 1. The van der Waals surface area contributed by atoms with Crippen molar-refractivity contribution in [3.8, 4) is 0 Å². The van der Waals surface area contributed by atoms with Crippen molar-refractivity contribution in [2.45, 2.75) is 13.5 Å². The lowest BCUT2D eigenvalue weighted by Gasteiger charge is -2.05. The summed E-state index contributed by atoms with van der Waals surface area (Å²) >= 11 is 1.02. The summed E-state index contributed by atoms with van der Waals surface area (Å²) in [5.74, 6) is -2.07. The van der Waals surface area contributed by atoms with Gasteiger partial charge in [0, 0.05) is 30.8 Å². The van der Waals surface area contributed by atoms with Crippen LogP contribution in [0.15, 0.2) is 41.4 Å². The summed E-state index contributed by atoms with van der Waals surface area (Å²) < 4.78 is 34.7. The molecule has 27 heavy (non-hydrogen) atoms. The number of fused-ring (bicyclic) bond motifs is 1. The molecule has 0 aliphatic carbocycles. The minimum atomic E-state index is -0.725. The molecule has 0 saturated heterocycles. The van der Waals surface area contributed by atoms with E-state index in [2.05, 4.69) is 4.99 Å². The van der Waals surface area contributed by atoms with Crippen LogP contribution < -0.4 is 4.80 Å². The minimum Gasteiger partial charge on any atom is -0.383 e. The summed E-state index contributed by atoms with van der Waals surface area (Å²) in [6.07, 6.45) is 0. The number of nitrogens with zero attached hydrogens (tertiary/aromatic N) is 2. The van der Waals surface area contributed by atoms with Gasteiger partial charge in [-0.05, 0) is 25.1 Å². The van der Waals surface area contributed by atoms with E-state index in [9.17, 15) is 18.4 Å². The number of Topliss-reactive ketones (excluding diaryl/α,β-unsaturated/α-hetero) is 1. The third-order valence-electron chi connectivity index (χ3n) is 3.95. The maximum Gasteiger partial charge on any atom is 0.279 e. The van der Waals surface area contributed by atoms with Crippen molar-refractivity contribution >= 4 is 33.2 Å². The lowest BCUT2D eigenvalue weighted by atomic mass is 10.1. The van der Waals surface area contributed by atoms with Crippen LogP contribution >= 0.6 is 11.3 Å². The number of amides is 1. The van der Waals surface area contributed by atoms with E-state index in [1.54, 1.807) is 12.1 Å². The Morgan fingerprint density at radius 1 is 1.15 bits per heavy atom.